The fourth-order valence-corrected chi connectivity index (χ4v) is 1.23. The van der Waals surface area contributed by atoms with Crippen LogP contribution in [-0.4, -0.2) is 9.78 Å². The van der Waals surface area contributed by atoms with Crippen molar-refractivity contribution in [1.29, 1.82) is 0 Å². The molecule has 1 aromatic rings. The van der Waals surface area contributed by atoms with Gasteiger partial charge in [0.2, 0.25) is 0 Å². The highest BCUT2D eigenvalue weighted by Gasteiger charge is 2.12. The van der Waals surface area contributed by atoms with Crippen molar-refractivity contribution >= 4 is 5.69 Å². The maximum Gasteiger partial charge on any atom is 0.0826 e. The van der Waals surface area contributed by atoms with Gasteiger partial charge in [-0.05, 0) is 13.8 Å². The average molecular weight is 154 g/mol. The minimum absolute atomic E-state index is 0.0544. The first-order valence-electron chi connectivity index (χ1n) is 3.58. The molecule has 4 heteroatoms. The Balaban J connectivity index is 3.22. The van der Waals surface area contributed by atoms with Crippen LogP contribution in [-0.2, 0) is 7.05 Å². The molecular weight excluding hydrogens is 140 g/mol. The number of aryl methyl sites for hydroxylation is 2. The zero-order valence-electron chi connectivity index (χ0n) is 7.13. The van der Waals surface area contributed by atoms with E-state index in [2.05, 4.69) is 5.10 Å². The van der Waals surface area contributed by atoms with Gasteiger partial charge >= 0.3 is 0 Å². The molecule has 1 unspecified atom stereocenters. The van der Waals surface area contributed by atoms with E-state index in [1.165, 1.54) is 0 Å². The number of nitrogens with zero attached hydrogens (tertiary/aromatic N) is 2. The van der Waals surface area contributed by atoms with Gasteiger partial charge in [0, 0.05) is 13.1 Å². The van der Waals surface area contributed by atoms with Crippen LogP contribution in [0.2, 0.25) is 0 Å². The van der Waals surface area contributed by atoms with E-state index in [9.17, 15) is 0 Å². The molecule has 1 rings (SSSR count). The summed E-state index contributed by atoms with van der Waals surface area (Å²) in [5.41, 5.74) is 13.9. The van der Waals surface area contributed by atoms with Gasteiger partial charge in [0.15, 0.2) is 0 Å². The lowest BCUT2D eigenvalue weighted by atomic mass is 10.2. The second kappa shape index (κ2) is 2.54. The number of anilines is 1. The van der Waals surface area contributed by atoms with Crippen LogP contribution < -0.4 is 11.5 Å². The predicted molar refractivity (Wildman–Crippen MR) is 45.0 cm³/mol. The molecule has 0 aliphatic carbocycles. The zero-order chi connectivity index (χ0) is 8.59. The maximum atomic E-state index is 5.74. The Kier molecular flexibility index (Phi) is 1.87. The molecule has 0 aliphatic rings. The van der Waals surface area contributed by atoms with Crippen LogP contribution in [0.1, 0.15) is 24.4 Å². The van der Waals surface area contributed by atoms with E-state index < -0.39 is 0 Å². The summed E-state index contributed by atoms with van der Waals surface area (Å²) in [6, 6.07) is -0.0544. The molecule has 11 heavy (non-hydrogen) atoms. The van der Waals surface area contributed by atoms with Gasteiger partial charge in [-0.1, -0.05) is 0 Å². The average Bonchev–Trinajstić information content (AvgIpc) is 2.07. The fraction of sp³-hybridized carbons (Fsp3) is 0.571. The number of hydrogen-bond donors (Lipinski definition) is 2. The highest BCUT2D eigenvalue weighted by Crippen LogP contribution is 2.20. The summed E-state index contributed by atoms with van der Waals surface area (Å²) in [5, 5.41) is 4.14. The Bertz CT molecular complexity index is 262. The smallest absolute Gasteiger partial charge is 0.0826 e. The molecule has 0 amide bonds. The molecule has 1 heterocycles. The molecule has 0 bridgehead atoms. The minimum Gasteiger partial charge on any atom is -0.396 e. The van der Waals surface area contributed by atoms with Gasteiger partial charge in [0.25, 0.3) is 0 Å². The molecule has 0 saturated heterocycles. The summed E-state index contributed by atoms with van der Waals surface area (Å²) in [4.78, 5) is 0. The molecule has 1 aromatic heterocycles. The topological polar surface area (TPSA) is 69.9 Å². The summed E-state index contributed by atoms with van der Waals surface area (Å²) in [7, 11) is 1.85. The van der Waals surface area contributed by atoms with E-state index in [4.69, 9.17) is 11.5 Å². The Morgan fingerprint density at radius 2 is 2.09 bits per heavy atom. The third kappa shape index (κ3) is 1.21. The minimum atomic E-state index is -0.0544. The third-order valence-corrected chi connectivity index (χ3v) is 1.75. The molecular formula is C7H14N4. The highest BCUT2D eigenvalue weighted by molar-refractivity contribution is 5.48. The molecule has 0 spiro atoms. The summed E-state index contributed by atoms with van der Waals surface area (Å²) >= 11 is 0. The van der Waals surface area contributed by atoms with E-state index in [0.717, 1.165) is 11.4 Å². The maximum absolute atomic E-state index is 5.74. The first-order chi connectivity index (χ1) is 5.04. The van der Waals surface area contributed by atoms with Crippen LogP contribution in [0, 0.1) is 6.92 Å². The molecule has 0 radical (unpaired) electrons. The predicted octanol–water partition coefficient (Wildman–Crippen LogP) is 0.330. The van der Waals surface area contributed by atoms with Crippen LogP contribution in [0.25, 0.3) is 0 Å². The van der Waals surface area contributed by atoms with Crippen LogP contribution in [0.3, 0.4) is 0 Å². The van der Waals surface area contributed by atoms with Crippen molar-refractivity contribution in [2.24, 2.45) is 12.8 Å². The molecule has 0 saturated carbocycles. The lowest BCUT2D eigenvalue weighted by molar-refractivity contribution is 0.652. The summed E-state index contributed by atoms with van der Waals surface area (Å²) < 4.78 is 1.73. The molecule has 1 atom stereocenters. The van der Waals surface area contributed by atoms with Crippen LogP contribution >= 0.6 is 0 Å². The number of hydrogen-bond acceptors (Lipinski definition) is 3. The lowest BCUT2D eigenvalue weighted by Gasteiger charge is -2.05. The van der Waals surface area contributed by atoms with Gasteiger partial charge < -0.3 is 11.5 Å². The Hall–Kier alpha value is -1.03. The number of rotatable bonds is 1. The first-order valence-corrected chi connectivity index (χ1v) is 3.58. The molecule has 0 aromatic carbocycles. The van der Waals surface area contributed by atoms with E-state index in [1.54, 1.807) is 4.68 Å². The van der Waals surface area contributed by atoms with Gasteiger partial charge in [-0.15, -0.1) is 0 Å². The molecule has 4 N–H and O–H groups in total. The van der Waals surface area contributed by atoms with Crippen molar-refractivity contribution < 1.29 is 0 Å². The summed E-state index contributed by atoms with van der Waals surface area (Å²) in [6.07, 6.45) is 0. The lowest BCUT2D eigenvalue weighted by Crippen LogP contribution is -2.12. The van der Waals surface area contributed by atoms with Crippen LogP contribution in [0.5, 0.6) is 0 Å². The van der Waals surface area contributed by atoms with Crippen molar-refractivity contribution in [3.8, 4) is 0 Å². The normalized spacial score (nSPS) is 13.5. The molecule has 4 nitrogen and oxygen atoms in total. The van der Waals surface area contributed by atoms with Gasteiger partial charge in [-0.2, -0.15) is 5.10 Å². The number of nitrogen functional groups attached to an aromatic ring is 1. The van der Waals surface area contributed by atoms with Crippen molar-refractivity contribution in [2.75, 3.05) is 5.73 Å². The Morgan fingerprint density at radius 3 is 2.27 bits per heavy atom. The first kappa shape index (κ1) is 8.07. The second-order valence-electron chi connectivity index (χ2n) is 2.80. The van der Waals surface area contributed by atoms with Crippen molar-refractivity contribution in [1.82, 2.24) is 9.78 Å². The number of nitrogens with two attached hydrogens (primary N) is 2. The van der Waals surface area contributed by atoms with E-state index in [-0.39, 0.29) is 6.04 Å². The van der Waals surface area contributed by atoms with Crippen LogP contribution in [0.4, 0.5) is 5.69 Å². The van der Waals surface area contributed by atoms with Crippen molar-refractivity contribution in [3.63, 3.8) is 0 Å². The summed E-state index contributed by atoms with van der Waals surface area (Å²) in [6.45, 7) is 3.77. The van der Waals surface area contributed by atoms with E-state index in [1.807, 2.05) is 20.9 Å². The van der Waals surface area contributed by atoms with Gasteiger partial charge in [-0.3, -0.25) is 4.68 Å². The Morgan fingerprint density at radius 1 is 1.55 bits per heavy atom. The highest BCUT2D eigenvalue weighted by atomic mass is 15.3. The monoisotopic (exact) mass is 154 g/mol. The standard InChI is InChI=1S/C7H14N4/c1-4(8)7-6(9)5(2)10-11(7)3/h4H,8-9H2,1-3H3. The van der Waals surface area contributed by atoms with Gasteiger partial charge in [0.1, 0.15) is 0 Å². The van der Waals surface area contributed by atoms with Gasteiger partial charge in [0.05, 0.1) is 17.1 Å². The molecule has 62 valence electrons. The SMILES string of the molecule is Cc1nn(C)c(C(C)N)c1N. The molecule has 0 fully saturated rings. The van der Waals surface area contributed by atoms with E-state index >= 15 is 0 Å². The second-order valence-corrected chi connectivity index (χ2v) is 2.80. The quantitative estimate of drug-likeness (QED) is 0.612. The van der Waals surface area contributed by atoms with Crippen LogP contribution in [0.15, 0.2) is 0 Å². The Labute approximate surface area is 66.2 Å². The number of aromatic nitrogens is 2. The van der Waals surface area contributed by atoms with Gasteiger partial charge in [-0.25, -0.2) is 0 Å². The van der Waals surface area contributed by atoms with E-state index in [0.29, 0.717) is 5.69 Å². The zero-order valence-corrected chi connectivity index (χ0v) is 7.13. The van der Waals surface area contributed by atoms with Crippen molar-refractivity contribution in [2.45, 2.75) is 19.9 Å². The van der Waals surface area contributed by atoms with Crippen molar-refractivity contribution in [3.05, 3.63) is 11.4 Å². The summed E-state index contributed by atoms with van der Waals surface area (Å²) in [5.74, 6) is 0. The fourth-order valence-electron chi connectivity index (χ4n) is 1.23. The largest absolute Gasteiger partial charge is 0.396 e. The molecule has 0 aliphatic heterocycles. The third-order valence-electron chi connectivity index (χ3n) is 1.75.